The Kier molecular flexibility index (Phi) is 4.40. The topological polar surface area (TPSA) is 82.4 Å². The normalized spacial score (nSPS) is 9.87. The number of hydrogen-bond donors (Lipinski definition) is 1. The molecule has 0 saturated heterocycles. The Morgan fingerprint density at radius 3 is 2.80 bits per heavy atom. The zero-order valence-corrected chi connectivity index (χ0v) is 8.19. The van der Waals surface area contributed by atoms with Crippen molar-refractivity contribution in [3.8, 4) is 0 Å². The van der Waals surface area contributed by atoms with Crippen LogP contribution in [0.2, 0.25) is 0 Å². The average molecular weight is 210 g/mol. The lowest BCUT2D eigenvalue weighted by Gasteiger charge is -2.03. The molecule has 0 aliphatic carbocycles. The molecular formula is C10H12NO4-. The highest BCUT2D eigenvalue weighted by molar-refractivity contribution is 5.76. The first-order chi connectivity index (χ1) is 7.18. The predicted molar refractivity (Wildman–Crippen MR) is 49.4 cm³/mol. The maximum Gasteiger partial charge on any atom is 0.220 e. The third kappa shape index (κ3) is 4.85. The number of rotatable bonds is 6. The van der Waals surface area contributed by atoms with Gasteiger partial charge < -0.3 is 19.6 Å². The van der Waals surface area contributed by atoms with E-state index >= 15 is 0 Å². The summed E-state index contributed by atoms with van der Waals surface area (Å²) in [5, 5.41) is 12.7. The first kappa shape index (κ1) is 11.3. The highest BCUT2D eigenvalue weighted by atomic mass is 16.4. The molecule has 1 amide bonds. The van der Waals surface area contributed by atoms with Crippen LogP contribution in [0.1, 0.15) is 25.0 Å². The number of amides is 1. The number of carbonyl (C=O) groups is 2. The summed E-state index contributed by atoms with van der Waals surface area (Å²) < 4.78 is 5.01. The van der Waals surface area contributed by atoms with E-state index in [-0.39, 0.29) is 18.7 Å². The highest BCUT2D eigenvalue weighted by Crippen LogP contribution is 1.99. The minimum Gasteiger partial charge on any atom is -0.550 e. The van der Waals surface area contributed by atoms with E-state index in [1.165, 1.54) is 6.26 Å². The molecule has 5 nitrogen and oxygen atoms in total. The van der Waals surface area contributed by atoms with Crippen LogP contribution >= 0.6 is 0 Å². The van der Waals surface area contributed by atoms with Gasteiger partial charge in [-0.2, -0.15) is 0 Å². The summed E-state index contributed by atoms with van der Waals surface area (Å²) in [7, 11) is 0. The lowest BCUT2D eigenvalue weighted by atomic mass is 10.2. The third-order valence-corrected chi connectivity index (χ3v) is 1.82. The van der Waals surface area contributed by atoms with Gasteiger partial charge in [0.1, 0.15) is 5.76 Å². The first-order valence-corrected chi connectivity index (χ1v) is 4.67. The quantitative estimate of drug-likeness (QED) is 0.705. The molecule has 0 atom stereocenters. The number of furan rings is 1. The number of carbonyl (C=O) groups excluding carboxylic acids is 2. The second kappa shape index (κ2) is 5.85. The maximum atomic E-state index is 11.2. The van der Waals surface area contributed by atoms with Crippen LogP contribution in [0.5, 0.6) is 0 Å². The molecule has 1 N–H and O–H groups in total. The Labute approximate surface area is 87.1 Å². The lowest BCUT2D eigenvalue weighted by molar-refractivity contribution is -0.305. The second-order valence-corrected chi connectivity index (χ2v) is 3.08. The van der Waals surface area contributed by atoms with Gasteiger partial charge in [-0.15, -0.1) is 0 Å². The van der Waals surface area contributed by atoms with Gasteiger partial charge >= 0.3 is 0 Å². The minimum atomic E-state index is -1.13. The molecule has 0 aliphatic rings. The molecule has 0 bridgehead atoms. The summed E-state index contributed by atoms with van der Waals surface area (Å²) in [6, 6.07) is 3.49. The van der Waals surface area contributed by atoms with Crippen LogP contribution in [-0.4, -0.2) is 11.9 Å². The number of carboxylic acid groups (broad SMARTS) is 1. The van der Waals surface area contributed by atoms with Gasteiger partial charge in [-0.05, 0) is 25.0 Å². The molecule has 15 heavy (non-hydrogen) atoms. The number of aliphatic carboxylic acids is 1. The first-order valence-electron chi connectivity index (χ1n) is 4.67. The molecular weight excluding hydrogens is 198 g/mol. The van der Waals surface area contributed by atoms with Crippen LogP contribution < -0.4 is 10.4 Å². The summed E-state index contributed by atoms with van der Waals surface area (Å²) in [6.07, 6.45) is 1.92. The van der Waals surface area contributed by atoms with E-state index in [1.807, 2.05) is 0 Å². The van der Waals surface area contributed by atoms with Crippen molar-refractivity contribution in [2.45, 2.75) is 25.8 Å². The van der Waals surface area contributed by atoms with Crippen molar-refractivity contribution >= 4 is 11.9 Å². The van der Waals surface area contributed by atoms with Crippen LogP contribution in [0.25, 0.3) is 0 Å². The average Bonchev–Trinajstić information content (AvgIpc) is 2.66. The van der Waals surface area contributed by atoms with Crippen LogP contribution in [0.3, 0.4) is 0 Å². The van der Waals surface area contributed by atoms with Gasteiger partial charge in [0.05, 0.1) is 12.8 Å². The van der Waals surface area contributed by atoms with E-state index in [2.05, 4.69) is 5.32 Å². The Balaban J connectivity index is 2.11. The van der Waals surface area contributed by atoms with Crippen LogP contribution in [0.4, 0.5) is 0 Å². The maximum absolute atomic E-state index is 11.2. The molecule has 1 aromatic heterocycles. The summed E-state index contributed by atoms with van der Waals surface area (Å²) in [5.41, 5.74) is 0. The van der Waals surface area contributed by atoms with E-state index in [0.717, 1.165) is 0 Å². The van der Waals surface area contributed by atoms with Crippen molar-refractivity contribution in [2.75, 3.05) is 0 Å². The zero-order valence-electron chi connectivity index (χ0n) is 8.19. The van der Waals surface area contributed by atoms with Crippen molar-refractivity contribution in [3.05, 3.63) is 24.2 Å². The third-order valence-electron chi connectivity index (χ3n) is 1.82. The van der Waals surface area contributed by atoms with Crippen molar-refractivity contribution in [2.24, 2.45) is 0 Å². The van der Waals surface area contributed by atoms with Gasteiger partial charge in [-0.1, -0.05) is 0 Å². The second-order valence-electron chi connectivity index (χ2n) is 3.08. The Bertz CT molecular complexity index is 318. The molecule has 5 heteroatoms. The van der Waals surface area contributed by atoms with Gasteiger partial charge in [-0.3, -0.25) is 4.79 Å². The van der Waals surface area contributed by atoms with E-state index in [0.29, 0.717) is 18.7 Å². The molecule has 1 aromatic rings. The number of nitrogens with one attached hydrogen (secondary N) is 1. The molecule has 0 aliphatic heterocycles. The monoisotopic (exact) mass is 210 g/mol. The van der Waals surface area contributed by atoms with Gasteiger partial charge in [0, 0.05) is 12.4 Å². The smallest absolute Gasteiger partial charge is 0.220 e. The van der Waals surface area contributed by atoms with Crippen molar-refractivity contribution < 1.29 is 19.1 Å². The Morgan fingerprint density at radius 2 is 2.20 bits per heavy atom. The molecule has 1 heterocycles. The molecule has 0 unspecified atom stereocenters. The summed E-state index contributed by atoms with van der Waals surface area (Å²) in [4.78, 5) is 21.2. The molecule has 0 spiro atoms. The fraction of sp³-hybridized carbons (Fsp3) is 0.400. The van der Waals surface area contributed by atoms with Crippen molar-refractivity contribution in [1.82, 2.24) is 5.32 Å². The summed E-state index contributed by atoms with van der Waals surface area (Å²) in [5.74, 6) is -0.648. The van der Waals surface area contributed by atoms with Crippen LogP contribution in [0, 0.1) is 0 Å². The molecule has 0 fully saturated rings. The molecule has 1 rings (SSSR count). The molecule has 82 valence electrons. The molecule has 0 aromatic carbocycles. The largest absolute Gasteiger partial charge is 0.550 e. The van der Waals surface area contributed by atoms with E-state index < -0.39 is 5.97 Å². The fourth-order valence-electron chi connectivity index (χ4n) is 1.08. The fourth-order valence-corrected chi connectivity index (χ4v) is 1.08. The van der Waals surface area contributed by atoms with Crippen LogP contribution in [-0.2, 0) is 16.1 Å². The Morgan fingerprint density at radius 1 is 1.40 bits per heavy atom. The lowest BCUT2D eigenvalue weighted by Crippen LogP contribution is -2.24. The minimum absolute atomic E-state index is 0.0891. The summed E-state index contributed by atoms with van der Waals surface area (Å²) in [6.45, 7) is 0.331. The van der Waals surface area contributed by atoms with Gasteiger partial charge in [0.25, 0.3) is 0 Å². The molecule has 0 radical (unpaired) electrons. The zero-order chi connectivity index (χ0) is 11.1. The molecule has 0 saturated carbocycles. The highest BCUT2D eigenvalue weighted by Gasteiger charge is 2.02. The SMILES string of the molecule is O=C([O-])CCCC(=O)NCc1ccco1. The van der Waals surface area contributed by atoms with Crippen LogP contribution in [0.15, 0.2) is 22.8 Å². The van der Waals surface area contributed by atoms with Crippen molar-refractivity contribution in [3.63, 3.8) is 0 Å². The van der Waals surface area contributed by atoms with Gasteiger partial charge in [0.2, 0.25) is 5.91 Å². The predicted octanol–water partition coefficient (Wildman–Crippen LogP) is -0.184. The van der Waals surface area contributed by atoms with E-state index in [1.54, 1.807) is 12.1 Å². The number of hydrogen-bond acceptors (Lipinski definition) is 4. The van der Waals surface area contributed by atoms with Gasteiger partial charge in [-0.25, -0.2) is 0 Å². The van der Waals surface area contributed by atoms with Crippen molar-refractivity contribution in [1.29, 1.82) is 0 Å². The Hall–Kier alpha value is -1.78. The summed E-state index contributed by atoms with van der Waals surface area (Å²) >= 11 is 0. The van der Waals surface area contributed by atoms with E-state index in [9.17, 15) is 14.7 Å². The van der Waals surface area contributed by atoms with E-state index in [4.69, 9.17) is 4.42 Å². The van der Waals surface area contributed by atoms with Gasteiger partial charge in [0.15, 0.2) is 0 Å². The number of carboxylic acids is 1. The standard InChI is InChI=1S/C10H13NO4/c12-9(4-1-5-10(13)14)11-7-8-3-2-6-15-8/h2-3,6H,1,4-5,7H2,(H,11,12)(H,13,14)/p-1.